The van der Waals surface area contributed by atoms with E-state index < -0.39 is 11.6 Å². The van der Waals surface area contributed by atoms with Gasteiger partial charge < -0.3 is 15.4 Å². The van der Waals surface area contributed by atoms with Crippen LogP contribution in [0.3, 0.4) is 0 Å². The van der Waals surface area contributed by atoms with E-state index in [4.69, 9.17) is 4.74 Å². The Balaban J connectivity index is 1.72. The van der Waals surface area contributed by atoms with Crippen molar-refractivity contribution < 1.29 is 18.3 Å². The normalized spacial score (nSPS) is 19.8. The summed E-state index contributed by atoms with van der Waals surface area (Å²) in [5.74, 6) is -1.90. The molecule has 5 nitrogen and oxygen atoms in total. The Labute approximate surface area is 157 Å². The number of para-hydroxylation sites is 1. The fourth-order valence-electron chi connectivity index (χ4n) is 3.37. The topological polar surface area (TPSA) is 53.6 Å². The van der Waals surface area contributed by atoms with E-state index in [2.05, 4.69) is 15.5 Å². The molecule has 7 heteroatoms. The van der Waals surface area contributed by atoms with Crippen LogP contribution in [0.2, 0.25) is 0 Å². The molecule has 144 valence electrons. The molecule has 2 N–H and O–H groups in total. The Morgan fingerprint density at radius 2 is 1.93 bits per heavy atom. The van der Waals surface area contributed by atoms with Gasteiger partial charge in [-0.25, -0.2) is 13.6 Å². The largest absolute Gasteiger partial charge is 0.383 e. The van der Waals surface area contributed by atoms with Crippen molar-refractivity contribution in [2.75, 3.05) is 38.7 Å². The molecule has 27 heavy (non-hydrogen) atoms. The highest BCUT2D eigenvalue weighted by atomic mass is 19.2. The fourth-order valence-corrected chi connectivity index (χ4v) is 3.37. The average Bonchev–Trinajstić information content (AvgIpc) is 3.05. The fraction of sp³-hybridized carbons (Fsp3) is 0.350. The number of hydrogen-bond donors (Lipinski definition) is 2. The number of halogens is 2. The van der Waals surface area contributed by atoms with E-state index in [0.29, 0.717) is 37.5 Å². The van der Waals surface area contributed by atoms with E-state index in [9.17, 15) is 13.6 Å². The van der Waals surface area contributed by atoms with E-state index in [1.807, 2.05) is 18.2 Å². The van der Waals surface area contributed by atoms with Gasteiger partial charge in [0.15, 0.2) is 11.6 Å². The molecule has 2 aromatic rings. The number of likely N-dealkylation sites (tertiary alicyclic amines) is 1. The number of ether oxygens (including phenoxy) is 1. The maximum Gasteiger partial charge on any atom is 0.319 e. The molecule has 1 aliphatic rings. The third-order valence-corrected chi connectivity index (χ3v) is 4.73. The third kappa shape index (κ3) is 5.02. The lowest BCUT2D eigenvalue weighted by molar-refractivity contribution is 0.159. The maximum atomic E-state index is 13.7. The number of carbonyl (C=O) groups is 1. The number of anilines is 1. The van der Waals surface area contributed by atoms with Gasteiger partial charge in [0.25, 0.3) is 0 Å². The number of urea groups is 1. The number of rotatable bonds is 6. The molecule has 1 saturated heterocycles. The molecule has 0 radical (unpaired) electrons. The van der Waals surface area contributed by atoms with E-state index in [0.717, 1.165) is 6.07 Å². The summed E-state index contributed by atoms with van der Waals surface area (Å²) in [6.45, 7) is 2.50. The zero-order valence-corrected chi connectivity index (χ0v) is 15.1. The van der Waals surface area contributed by atoms with Crippen molar-refractivity contribution >= 4 is 11.7 Å². The second-order valence-electron chi connectivity index (χ2n) is 6.60. The molecule has 1 aliphatic heterocycles. The molecule has 1 fully saturated rings. The van der Waals surface area contributed by atoms with E-state index in [1.165, 1.54) is 6.07 Å². The highest BCUT2D eigenvalue weighted by molar-refractivity contribution is 5.89. The molecule has 0 saturated carbocycles. The van der Waals surface area contributed by atoms with E-state index in [-0.39, 0.29) is 18.0 Å². The summed E-state index contributed by atoms with van der Waals surface area (Å²) >= 11 is 0. The highest BCUT2D eigenvalue weighted by Crippen LogP contribution is 2.29. The lowest BCUT2D eigenvalue weighted by atomic mass is 9.94. The van der Waals surface area contributed by atoms with Crippen molar-refractivity contribution in [1.82, 2.24) is 10.2 Å². The molecule has 0 bridgehead atoms. The van der Waals surface area contributed by atoms with Gasteiger partial charge in [-0.05, 0) is 29.8 Å². The van der Waals surface area contributed by atoms with Gasteiger partial charge in [0.05, 0.1) is 12.6 Å². The van der Waals surface area contributed by atoms with Crippen LogP contribution in [-0.2, 0) is 4.74 Å². The van der Waals surface area contributed by atoms with Crippen molar-refractivity contribution in [3.8, 4) is 0 Å². The third-order valence-electron chi connectivity index (χ3n) is 4.73. The predicted octanol–water partition coefficient (Wildman–Crippen LogP) is 3.20. The smallest absolute Gasteiger partial charge is 0.319 e. The minimum absolute atomic E-state index is 0.140. The van der Waals surface area contributed by atoms with Crippen LogP contribution in [0.1, 0.15) is 11.5 Å². The van der Waals surface area contributed by atoms with Gasteiger partial charge in [0.2, 0.25) is 0 Å². The Bertz CT molecular complexity index is 773. The monoisotopic (exact) mass is 375 g/mol. The van der Waals surface area contributed by atoms with Gasteiger partial charge in [-0.2, -0.15) is 0 Å². The van der Waals surface area contributed by atoms with Crippen LogP contribution in [0.4, 0.5) is 19.3 Å². The maximum absolute atomic E-state index is 13.7. The summed E-state index contributed by atoms with van der Waals surface area (Å²) in [7, 11) is 1.63. The SMILES string of the molecule is COCCN1C[C@@H](NC(=O)Nc2ccccc2)[C@H](c2ccc(F)c(F)c2)C1. The summed E-state index contributed by atoms with van der Waals surface area (Å²) in [6.07, 6.45) is 0. The van der Waals surface area contributed by atoms with Crippen LogP contribution in [0.5, 0.6) is 0 Å². The van der Waals surface area contributed by atoms with Gasteiger partial charge in [-0.3, -0.25) is 4.90 Å². The van der Waals surface area contributed by atoms with Crippen molar-refractivity contribution in [1.29, 1.82) is 0 Å². The lowest BCUT2D eigenvalue weighted by Crippen LogP contribution is -2.42. The number of nitrogens with zero attached hydrogens (tertiary/aromatic N) is 1. The molecule has 2 atom stereocenters. The summed E-state index contributed by atoms with van der Waals surface area (Å²) < 4.78 is 32.1. The minimum atomic E-state index is -0.879. The Morgan fingerprint density at radius 3 is 2.63 bits per heavy atom. The Kier molecular flexibility index (Phi) is 6.36. The standard InChI is InChI=1S/C20H23F2N3O2/c1-27-10-9-25-12-16(14-7-8-17(21)18(22)11-14)19(13-25)24-20(26)23-15-5-3-2-4-6-15/h2-8,11,16,19H,9-10,12-13H2,1H3,(H2,23,24,26)/t16-,19+/m0/s1. The van der Waals surface area contributed by atoms with Gasteiger partial charge >= 0.3 is 6.03 Å². The van der Waals surface area contributed by atoms with Crippen LogP contribution < -0.4 is 10.6 Å². The second kappa shape index (κ2) is 8.92. The summed E-state index contributed by atoms with van der Waals surface area (Å²) in [5, 5.41) is 5.76. The molecule has 0 unspecified atom stereocenters. The first-order chi connectivity index (χ1) is 13.1. The summed E-state index contributed by atoms with van der Waals surface area (Å²) in [4.78, 5) is 14.5. The number of nitrogens with one attached hydrogen (secondary N) is 2. The summed E-state index contributed by atoms with van der Waals surface area (Å²) in [5.41, 5.74) is 1.35. The molecule has 2 aromatic carbocycles. The number of benzene rings is 2. The number of hydrogen-bond acceptors (Lipinski definition) is 3. The minimum Gasteiger partial charge on any atom is -0.383 e. The number of methoxy groups -OCH3 is 1. The highest BCUT2D eigenvalue weighted by Gasteiger charge is 2.35. The van der Waals surface area contributed by atoms with Gasteiger partial charge in [0, 0.05) is 38.3 Å². The van der Waals surface area contributed by atoms with Crippen LogP contribution in [0, 0.1) is 11.6 Å². The first kappa shape index (κ1) is 19.3. The van der Waals surface area contributed by atoms with Crippen molar-refractivity contribution in [2.45, 2.75) is 12.0 Å². The molecule has 1 heterocycles. The molecule has 0 aliphatic carbocycles. The molecular weight excluding hydrogens is 352 g/mol. The Hall–Kier alpha value is -2.51. The first-order valence-electron chi connectivity index (χ1n) is 8.85. The second-order valence-corrected chi connectivity index (χ2v) is 6.60. The van der Waals surface area contributed by atoms with Crippen LogP contribution in [-0.4, -0.2) is 50.3 Å². The molecule has 3 rings (SSSR count). The molecule has 0 spiro atoms. The van der Waals surface area contributed by atoms with Crippen molar-refractivity contribution in [3.63, 3.8) is 0 Å². The van der Waals surface area contributed by atoms with E-state index in [1.54, 1.807) is 25.3 Å². The van der Waals surface area contributed by atoms with Gasteiger partial charge in [0.1, 0.15) is 0 Å². The molecular formula is C20H23F2N3O2. The van der Waals surface area contributed by atoms with Crippen LogP contribution >= 0.6 is 0 Å². The van der Waals surface area contributed by atoms with Gasteiger partial charge in [-0.15, -0.1) is 0 Å². The van der Waals surface area contributed by atoms with Crippen LogP contribution in [0.15, 0.2) is 48.5 Å². The predicted molar refractivity (Wildman–Crippen MR) is 99.8 cm³/mol. The quantitative estimate of drug-likeness (QED) is 0.815. The van der Waals surface area contributed by atoms with Crippen molar-refractivity contribution in [2.24, 2.45) is 0 Å². The van der Waals surface area contributed by atoms with Gasteiger partial charge in [-0.1, -0.05) is 24.3 Å². The zero-order chi connectivity index (χ0) is 19.2. The first-order valence-corrected chi connectivity index (χ1v) is 8.85. The van der Waals surface area contributed by atoms with Crippen LogP contribution in [0.25, 0.3) is 0 Å². The average molecular weight is 375 g/mol. The number of amides is 2. The molecule has 0 aromatic heterocycles. The number of carbonyl (C=O) groups excluding carboxylic acids is 1. The van der Waals surface area contributed by atoms with Crippen molar-refractivity contribution in [3.05, 3.63) is 65.7 Å². The zero-order valence-electron chi connectivity index (χ0n) is 15.1. The lowest BCUT2D eigenvalue weighted by Gasteiger charge is -2.20. The molecule has 2 amide bonds. The van der Waals surface area contributed by atoms with E-state index >= 15 is 0 Å². The summed E-state index contributed by atoms with van der Waals surface area (Å²) in [6, 6.07) is 12.5. The Morgan fingerprint density at radius 1 is 1.15 bits per heavy atom.